The van der Waals surface area contributed by atoms with Crippen LogP contribution in [0.25, 0.3) is 11.0 Å². The van der Waals surface area contributed by atoms with Gasteiger partial charge in [0, 0.05) is 56.0 Å². The highest BCUT2D eigenvalue weighted by atomic mass is 16.5. The van der Waals surface area contributed by atoms with Crippen molar-refractivity contribution in [1.29, 1.82) is 0 Å². The number of benzene rings is 2. The number of carbonyl (C=O) groups is 1. The Balaban J connectivity index is 1.26. The lowest BCUT2D eigenvalue weighted by Gasteiger charge is -2.20. The summed E-state index contributed by atoms with van der Waals surface area (Å²) in [4.78, 5) is 28.4. The van der Waals surface area contributed by atoms with Gasteiger partial charge in [-0.15, -0.1) is 0 Å². The molecule has 2 aliphatic rings. The van der Waals surface area contributed by atoms with Crippen LogP contribution < -0.4 is 10.3 Å². The fourth-order valence-corrected chi connectivity index (χ4v) is 5.48. The maximum atomic E-state index is 13.2. The van der Waals surface area contributed by atoms with Crippen molar-refractivity contribution in [3.05, 3.63) is 99.2 Å². The Morgan fingerprint density at radius 2 is 1.75 bits per heavy atom. The first-order chi connectivity index (χ1) is 17.6. The molecule has 2 aromatic carbocycles. The topological polar surface area (TPSA) is 73.9 Å². The van der Waals surface area contributed by atoms with Gasteiger partial charge >= 0.3 is 5.97 Å². The number of hydrogen-bond acceptors (Lipinski definition) is 6. The Hall–Kier alpha value is -3.84. The Kier molecular flexibility index (Phi) is 5.85. The molecule has 1 aliphatic heterocycles. The zero-order chi connectivity index (χ0) is 24.6. The number of aromatic nitrogens is 1. The molecule has 0 N–H and O–H groups in total. The van der Waals surface area contributed by atoms with E-state index in [1.165, 1.54) is 24.3 Å². The minimum atomic E-state index is -0.477. The molecular formula is C29H28N2O5. The molecule has 184 valence electrons. The number of carbonyl (C=O) groups excluding carboxylic acids is 1. The van der Waals surface area contributed by atoms with Gasteiger partial charge in [-0.3, -0.25) is 9.69 Å². The van der Waals surface area contributed by atoms with Crippen LogP contribution in [0.5, 0.6) is 5.75 Å². The minimum Gasteiger partial charge on any atom is -0.489 e. The lowest BCUT2D eigenvalue weighted by Crippen LogP contribution is -2.30. The molecule has 7 nitrogen and oxygen atoms in total. The summed E-state index contributed by atoms with van der Waals surface area (Å²) in [5.41, 5.74) is 4.23. The van der Waals surface area contributed by atoms with Gasteiger partial charge in [-0.2, -0.15) is 0 Å². The van der Waals surface area contributed by atoms with Crippen LogP contribution in [0.1, 0.15) is 32.9 Å². The van der Waals surface area contributed by atoms with Crippen molar-refractivity contribution in [2.75, 3.05) is 20.2 Å². The lowest BCUT2D eigenvalue weighted by atomic mass is 10.1. The van der Waals surface area contributed by atoms with Crippen molar-refractivity contribution in [2.24, 2.45) is 0 Å². The molecule has 36 heavy (non-hydrogen) atoms. The predicted octanol–water partition coefficient (Wildman–Crippen LogP) is 3.99. The average molecular weight is 485 g/mol. The van der Waals surface area contributed by atoms with E-state index in [2.05, 4.69) is 23.1 Å². The third-order valence-corrected chi connectivity index (χ3v) is 7.24. The Morgan fingerprint density at radius 3 is 2.50 bits per heavy atom. The highest BCUT2D eigenvalue weighted by molar-refractivity contribution is 5.93. The summed E-state index contributed by atoms with van der Waals surface area (Å²) >= 11 is 0. The van der Waals surface area contributed by atoms with Crippen LogP contribution in [0, 0.1) is 0 Å². The number of methoxy groups -OCH3 is 1. The molecule has 0 saturated carbocycles. The van der Waals surface area contributed by atoms with Gasteiger partial charge in [0.05, 0.1) is 13.7 Å². The van der Waals surface area contributed by atoms with E-state index in [0.29, 0.717) is 49.6 Å². The molecular weight excluding hydrogens is 456 g/mol. The van der Waals surface area contributed by atoms with Gasteiger partial charge < -0.3 is 18.5 Å². The molecule has 6 rings (SSSR count). The molecule has 4 aromatic rings. The fourth-order valence-electron chi connectivity index (χ4n) is 5.48. The highest BCUT2D eigenvalue weighted by Crippen LogP contribution is 2.30. The van der Waals surface area contributed by atoms with Gasteiger partial charge in [-0.05, 0) is 23.3 Å². The smallest absolute Gasteiger partial charge is 0.343 e. The molecule has 0 fully saturated rings. The molecule has 2 aromatic heterocycles. The lowest BCUT2D eigenvalue weighted by molar-refractivity contribution is 0.0590. The number of fused-ring (bicyclic) bond motifs is 3. The van der Waals surface area contributed by atoms with Gasteiger partial charge in [0.1, 0.15) is 28.8 Å². The second kappa shape index (κ2) is 9.32. The van der Waals surface area contributed by atoms with E-state index in [0.717, 1.165) is 29.6 Å². The normalized spacial score (nSPS) is 15.9. The molecule has 1 aliphatic carbocycles. The van der Waals surface area contributed by atoms with Crippen molar-refractivity contribution in [1.82, 2.24) is 9.47 Å². The first-order valence-electron chi connectivity index (χ1n) is 12.4. The number of hydrogen-bond donors (Lipinski definition) is 0. The number of esters is 1. The van der Waals surface area contributed by atoms with Crippen LogP contribution >= 0.6 is 0 Å². The maximum Gasteiger partial charge on any atom is 0.343 e. The summed E-state index contributed by atoms with van der Waals surface area (Å²) in [6.07, 6.45) is 1.91. The number of pyridine rings is 1. The monoisotopic (exact) mass is 484 g/mol. The van der Waals surface area contributed by atoms with Gasteiger partial charge in [0.15, 0.2) is 0 Å². The molecule has 0 spiro atoms. The molecule has 0 atom stereocenters. The van der Waals surface area contributed by atoms with Crippen molar-refractivity contribution >= 4 is 16.9 Å². The van der Waals surface area contributed by atoms with E-state index in [1.54, 1.807) is 4.57 Å². The summed E-state index contributed by atoms with van der Waals surface area (Å²) in [6.45, 7) is 2.46. The summed E-state index contributed by atoms with van der Waals surface area (Å²) in [6, 6.07) is 19.7. The second-order valence-corrected chi connectivity index (χ2v) is 9.51. The van der Waals surface area contributed by atoms with Crippen LogP contribution in [0.3, 0.4) is 0 Å². The molecule has 0 unspecified atom stereocenters. The summed E-state index contributed by atoms with van der Waals surface area (Å²) in [5, 5.41) is 1.07. The Morgan fingerprint density at radius 1 is 1.00 bits per heavy atom. The summed E-state index contributed by atoms with van der Waals surface area (Å²) in [5.74, 6) is 0.726. The fraction of sp³-hybridized carbons (Fsp3) is 0.310. The number of rotatable bonds is 5. The Labute approximate surface area is 208 Å². The number of para-hydroxylation sites is 1. The van der Waals surface area contributed by atoms with E-state index in [4.69, 9.17) is 13.9 Å². The van der Waals surface area contributed by atoms with Gasteiger partial charge in [-0.1, -0.05) is 42.5 Å². The van der Waals surface area contributed by atoms with E-state index in [9.17, 15) is 9.59 Å². The second-order valence-electron chi connectivity index (χ2n) is 9.51. The third kappa shape index (κ3) is 4.20. The summed E-state index contributed by atoms with van der Waals surface area (Å²) < 4.78 is 19.2. The zero-order valence-corrected chi connectivity index (χ0v) is 20.2. The predicted molar refractivity (Wildman–Crippen MR) is 136 cm³/mol. The van der Waals surface area contributed by atoms with Crippen molar-refractivity contribution < 1.29 is 18.7 Å². The molecule has 0 amide bonds. The largest absolute Gasteiger partial charge is 0.489 e. The third-order valence-electron chi connectivity index (χ3n) is 7.24. The van der Waals surface area contributed by atoms with Crippen molar-refractivity contribution in [3.63, 3.8) is 0 Å². The van der Waals surface area contributed by atoms with E-state index in [-0.39, 0.29) is 11.7 Å². The van der Waals surface area contributed by atoms with Crippen LogP contribution in [0.2, 0.25) is 0 Å². The summed E-state index contributed by atoms with van der Waals surface area (Å²) in [7, 11) is 1.37. The average Bonchev–Trinajstić information content (AvgIpc) is 3.42. The Bertz CT molecular complexity index is 1440. The maximum absolute atomic E-state index is 13.2. The van der Waals surface area contributed by atoms with Gasteiger partial charge in [0.25, 0.3) is 5.56 Å². The molecule has 0 saturated heterocycles. The zero-order valence-electron chi connectivity index (χ0n) is 20.2. The van der Waals surface area contributed by atoms with E-state index in [1.807, 2.05) is 36.4 Å². The molecule has 7 heteroatoms. The van der Waals surface area contributed by atoms with Crippen molar-refractivity contribution in [3.8, 4) is 5.75 Å². The highest BCUT2D eigenvalue weighted by Gasteiger charge is 2.29. The number of ether oxygens (including phenoxy) is 2. The van der Waals surface area contributed by atoms with Gasteiger partial charge in [-0.25, -0.2) is 4.79 Å². The van der Waals surface area contributed by atoms with E-state index < -0.39 is 5.97 Å². The minimum absolute atomic E-state index is 0.122. The quantitative estimate of drug-likeness (QED) is 0.399. The number of nitrogens with zero attached hydrogens (tertiary/aromatic N) is 2. The molecule has 0 radical (unpaired) electrons. The number of furan rings is 1. The standard InChI is InChI=1S/C29H28N2O5/c1-34-29(33)28-24-10-11-30(18-23-16-21-8-4-5-9-25(21)36-23)12-13-31(24)27(32)17-26(28)35-22-14-19-6-2-3-7-20(19)15-22/h2-9,16-17,22H,10-15,18H2,1H3. The SMILES string of the molecule is COC(=O)c1c(OC2Cc3ccccc3C2)cc(=O)n2c1CCN(Cc1cc3ccccc3o1)CC2. The first kappa shape index (κ1) is 22.6. The van der Waals surface area contributed by atoms with Crippen LogP contribution in [0.4, 0.5) is 0 Å². The van der Waals surface area contributed by atoms with E-state index >= 15 is 0 Å². The van der Waals surface area contributed by atoms with Crippen LogP contribution in [-0.2, 0) is 37.1 Å². The van der Waals surface area contributed by atoms with Crippen LogP contribution in [-0.4, -0.2) is 41.7 Å². The van der Waals surface area contributed by atoms with Crippen molar-refractivity contribution in [2.45, 2.75) is 38.5 Å². The molecule has 3 heterocycles. The first-order valence-corrected chi connectivity index (χ1v) is 12.4. The van der Waals surface area contributed by atoms with Gasteiger partial charge in [0.2, 0.25) is 0 Å². The van der Waals surface area contributed by atoms with Crippen LogP contribution in [0.15, 0.2) is 69.9 Å². The molecule has 0 bridgehead atoms.